The molecule has 2 atom stereocenters. The SMILES string of the molecule is CCCC[N+](CCCCS(=O)(=O)[O-])(CCCCS(=O)(=O)O)CCC[Si](C)(C)O[Si-2]123(O[Si](C)(C)CCC[N+](CCCCCC(=O)NCCN4C(=O)C=CC4=O)(CCCCS(=O)(=O)[O-])CCCCS(=O)(=O)O)n4c5c6ccccc6c4N=C4c6ccccc6C(=[N+]41)N=c1c4ccccc4c(n12)=NC1=[N+]3C(=N5)c2ccccc21. The number of quaternary nitrogens is 2. The third kappa shape index (κ3) is 15.1. The van der Waals surface area contributed by atoms with Crippen molar-refractivity contribution in [2.75, 3.05) is 88.5 Å². The normalized spacial score (nSPS) is 18.6. The van der Waals surface area contributed by atoms with Gasteiger partial charge in [0.2, 0.25) is 0 Å². The molecule has 594 valence electrons. The van der Waals surface area contributed by atoms with Crippen LogP contribution in [0.3, 0.4) is 0 Å². The Labute approximate surface area is 644 Å². The molecule has 7 aliphatic heterocycles. The van der Waals surface area contributed by atoms with Crippen molar-refractivity contribution < 1.29 is 91.9 Å². The number of unbranched alkanes of at least 4 members (excludes halogenated alkanes) is 7. The van der Waals surface area contributed by atoms with E-state index >= 15 is 0 Å². The van der Waals surface area contributed by atoms with E-state index in [1.807, 2.05) is 48.5 Å². The van der Waals surface area contributed by atoms with Crippen molar-refractivity contribution in [2.45, 2.75) is 148 Å². The van der Waals surface area contributed by atoms with Gasteiger partial charge in [0.05, 0.1) is 0 Å². The Balaban J connectivity index is 0.976. The molecule has 0 saturated carbocycles. The van der Waals surface area contributed by atoms with E-state index in [1.165, 1.54) is 12.2 Å². The zero-order valence-electron chi connectivity index (χ0n) is 63.1. The number of amidine groups is 4. The molecule has 6 aromatic rings. The van der Waals surface area contributed by atoms with E-state index in [4.69, 9.17) is 20.0 Å². The quantitative estimate of drug-likeness (QED) is 0.0109. The van der Waals surface area contributed by atoms with Gasteiger partial charge in [-0.1, -0.05) is 0 Å². The third-order valence-corrected chi connectivity index (χ3v) is 43.0. The Hall–Kier alpha value is -7.28. The first kappa shape index (κ1) is 80.8. The van der Waals surface area contributed by atoms with Crippen LogP contribution >= 0.6 is 0 Å². The number of hydrogen-bond acceptors (Lipinski definition) is 19. The molecule has 9 heterocycles. The van der Waals surface area contributed by atoms with Gasteiger partial charge in [-0.05, 0) is 0 Å². The number of imide groups is 1. The molecule has 0 fully saturated rings. The summed E-state index contributed by atoms with van der Waals surface area (Å²) in [6, 6.07) is 33.4. The summed E-state index contributed by atoms with van der Waals surface area (Å²) in [4.78, 5) is 62.3. The van der Waals surface area contributed by atoms with Gasteiger partial charge in [-0.2, -0.15) is 0 Å². The molecule has 1 spiro atoms. The second-order valence-electron chi connectivity index (χ2n) is 32.0. The van der Waals surface area contributed by atoms with E-state index in [0.29, 0.717) is 177 Å². The molecule has 3 N–H and O–H groups in total. The summed E-state index contributed by atoms with van der Waals surface area (Å²) < 4.78 is 171. The molecule has 13 rings (SSSR count). The number of aliphatic imine (C=N–C) groups is 2. The van der Waals surface area contributed by atoms with Gasteiger partial charge < -0.3 is 5.32 Å². The first-order valence-electron chi connectivity index (χ1n) is 38.5. The minimum absolute atomic E-state index is 0.0239. The van der Waals surface area contributed by atoms with Crippen molar-refractivity contribution in [3.8, 4) is 0 Å². The number of carbonyl (C=O) groups is 3. The Kier molecular flexibility index (Phi) is 22.2. The van der Waals surface area contributed by atoms with Gasteiger partial charge in [0, 0.05) is 25.2 Å². The van der Waals surface area contributed by atoms with Crippen molar-refractivity contribution in [1.29, 1.82) is 0 Å². The predicted octanol–water partition coefficient (Wildman–Crippen LogP) is 7.57. The van der Waals surface area contributed by atoms with Crippen LogP contribution in [-0.2, 0) is 63.1 Å². The van der Waals surface area contributed by atoms with E-state index in [2.05, 4.69) is 104 Å². The van der Waals surface area contributed by atoms with Crippen LogP contribution in [-0.4, -0.2) is 237 Å². The van der Waals surface area contributed by atoms with E-state index < -0.39 is 99.7 Å². The number of hydrogen-bond donors (Lipinski definition) is 3. The number of aromatic nitrogens is 2. The number of rotatable bonds is 44. The number of nitrogens with one attached hydrogen (secondary N) is 1. The fourth-order valence-corrected chi connectivity index (χ4v) is 43.1. The van der Waals surface area contributed by atoms with Gasteiger partial charge in [0.15, 0.2) is 0 Å². The first-order valence-corrected chi connectivity index (χ1v) is 53.7. The Morgan fingerprint density at radius 1 is 0.491 bits per heavy atom. The van der Waals surface area contributed by atoms with E-state index in [1.54, 1.807) is 0 Å². The van der Waals surface area contributed by atoms with E-state index in [9.17, 15) is 74.5 Å². The third-order valence-electron chi connectivity index (χ3n) is 23.1. The Bertz CT molecular complexity index is 5270. The molecule has 0 saturated heterocycles. The Morgan fingerprint density at radius 2 is 0.864 bits per heavy atom. The summed E-state index contributed by atoms with van der Waals surface area (Å²) in [6.07, 6.45) is 9.01. The number of amides is 3. The first-order chi connectivity index (χ1) is 52.0. The van der Waals surface area contributed by atoms with Crippen molar-refractivity contribution in [3.63, 3.8) is 0 Å². The zero-order valence-corrected chi connectivity index (χ0v) is 69.4. The van der Waals surface area contributed by atoms with Gasteiger partial charge in [0.25, 0.3) is 11.8 Å². The molecular weight excluding hydrogens is 1540 g/mol. The fourth-order valence-electron chi connectivity index (χ4n) is 18.7. The molecule has 0 bridgehead atoms. The van der Waals surface area contributed by atoms with Crippen molar-refractivity contribution in [2.24, 2.45) is 20.0 Å². The van der Waals surface area contributed by atoms with Crippen molar-refractivity contribution in [1.82, 2.24) is 18.7 Å². The van der Waals surface area contributed by atoms with Crippen LogP contribution in [0.1, 0.15) is 132 Å². The number of fused-ring (bicyclic) bond motifs is 12. The zero-order chi connectivity index (χ0) is 78.6. The molecule has 0 radical (unpaired) electrons. The molecule has 4 aromatic carbocycles. The predicted molar refractivity (Wildman–Crippen MR) is 423 cm³/mol. The van der Waals surface area contributed by atoms with E-state index in [0.717, 1.165) is 61.5 Å². The van der Waals surface area contributed by atoms with Gasteiger partial charge >= 0.3 is 587 Å². The summed E-state index contributed by atoms with van der Waals surface area (Å²) in [7, 11) is -32.4. The maximum atomic E-state index is 13.2. The van der Waals surface area contributed by atoms with Gasteiger partial charge in [0.1, 0.15) is 0 Å². The molecule has 2 unspecified atom stereocenters. The van der Waals surface area contributed by atoms with Crippen LogP contribution in [0.25, 0.3) is 21.5 Å². The summed E-state index contributed by atoms with van der Waals surface area (Å²) in [6.45, 7) is 15.2. The molecule has 29 nitrogen and oxygen atoms in total. The molecule has 0 aliphatic carbocycles. The number of benzene rings is 4. The summed E-state index contributed by atoms with van der Waals surface area (Å²) in [5.41, 5.74) is 4.22. The van der Waals surface area contributed by atoms with Crippen LogP contribution < -0.4 is 16.3 Å². The molecule has 7 aliphatic rings. The Morgan fingerprint density at radius 3 is 1.27 bits per heavy atom. The maximum absolute atomic E-state index is 13.2. The second kappa shape index (κ2) is 30.2. The molecule has 3 amide bonds. The summed E-state index contributed by atoms with van der Waals surface area (Å²) in [5.74, 6) is 0.110. The molecular formula is C74H100N12O17S4Si3. The van der Waals surface area contributed by atoms with Crippen molar-refractivity contribution in [3.05, 3.63) is 142 Å². The van der Waals surface area contributed by atoms with Crippen LogP contribution in [0.2, 0.25) is 38.3 Å². The average molecular weight is 1640 g/mol. The molecule has 110 heavy (non-hydrogen) atoms. The average Bonchev–Trinajstić information content (AvgIpc) is 1.30. The summed E-state index contributed by atoms with van der Waals surface area (Å²) >= 11 is 0. The van der Waals surface area contributed by atoms with Crippen LogP contribution in [0, 0.1) is 0 Å². The van der Waals surface area contributed by atoms with Crippen LogP contribution in [0.5, 0.6) is 0 Å². The minimum atomic E-state index is -7.36. The second-order valence-corrected chi connectivity index (χ2v) is 52.5. The molecule has 2 aromatic heterocycles. The topological polar surface area (TPSA) is 373 Å². The number of nitrogens with zero attached hydrogens (tertiary/aromatic N) is 11. The van der Waals surface area contributed by atoms with Crippen molar-refractivity contribution >= 4 is 139 Å². The van der Waals surface area contributed by atoms with Gasteiger partial charge in [-0.3, -0.25) is 19.3 Å². The monoisotopic (exact) mass is 1640 g/mol. The molecule has 36 heteroatoms. The van der Waals surface area contributed by atoms with Gasteiger partial charge in [-0.25, -0.2) is 0 Å². The fraction of sp³-hybridized carbons (Fsp3) is 0.500. The van der Waals surface area contributed by atoms with Gasteiger partial charge in [-0.15, -0.1) is 0 Å². The van der Waals surface area contributed by atoms with Crippen LogP contribution in [0.4, 0.5) is 11.6 Å². The number of carbonyl (C=O) groups excluding carboxylic acids is 3. The summed E-state index contributed by atoms with van der Waals surface area (Å²) in [5, 5.41) is 5.95. The van der Waals surface area contributed by atoms with E-state index in [-0.39, 0.29) is 51.1 Å². The van der Waals surface area contributed by atoms with Crippen LogP contribution in [0.15, 0.2) is 129 Å². The standard InChI is InChI=1S/C74H100N12O17S4Si3/c1-6-7-42-85(44-19-23-50-104(90,91)92,45-20-24-51-105(93,94)95)48-27-54-108(2,3)102-110(103-109(4,5)55-28-49-86(46-21-25-52-106(96,97)98,47-22-26-53-107(99,100)101)43-18-8-9-37-64(87)75-40-41-80-65(88)38-39-66(80)89)81-67-56-29-10-11-30-57(56)68(81)77-70-60-33-14-15-34-61(60)72(83(70)110)79-74-63-36-17-16-35-62(63)73(84(74)110)78-71-59-32-13-12-31-58(59)69(76-67)82(71)110/h10-17,29-36,38-39H,6-9,18-28,37,40-55H2,1-5H3,(H3-2,75,87,90,91,92,93,94,95,96,97,98,99,100,101).